The summed E-state index contributed by atoms with van der Waals surface area (Å²) in [7, 11) is 1.40. The molecule has 4 rings (SSSR count). The highest BCUT2D eigenvalue weighted by molar-refractivity contribution is 5.94. The maximum absolute atomic E-state index is 12.7. The van der Waals surface area contributed by atoms with Crippen molar-refractivity contribution in [2.45, 2.75) is 26.3 Å². The predicted molar refractivity (Wildman–Crippen MR) is 108 cm³/mol. The molecule has 0 amide bonds. The summed E-state index contributed by atoms with van der Waals surface area (Å²) in [6.07, 6.45) is 0.931. The molecular weight excluding hydrogens is 354 g/mol. The average molecular weight is 377 g/mol. The number of esters is 1. The zero-order chi connectivity index (χ0) is 19.7. The molecule has 0 saturated heterocycles. The van der Waals surface area contributed by atoms with Crippen LogP contribution in [0.3, 0.4) is 0 Å². The van der Waals surface area contributed by atoms with Crippen LogP contribution >= 0.6 is 0 Å². The number of imidazole rings is 1. The topological polar surface area (TPSA) is 65.4 Å². The molecule has 2 aromatic carbocycles. The fourth-order valence-electron chi connectivity index (χ4n) is 3.65. The van der Waals surface area contributed by atoms with Crippen LogP contribution < -0.4 is 10.1 Å². The van der Waals surface area contributed by atoms with Crippen LogP contribution in [-0.2, 0) is 9.53 Å². The maximum atomic E-state index is 12.7. The molecule has 1 aliphatic rings. The van der Waals surface area contributed by atoms with Crippen molar-refractivity contribution >= 4 is 23.0 Å². The van der Waals surface area contributed by atoms with E-state index in [1.807, 2.05) is 60.0 Å². The Morgan fingerprint density at radius 1 is 1.21 bits per heavy atom. The molecule has 0 saturated carbocycles. The highest BCUT2D eigenvalue weighted by Crippen LogP contribution is 2.40. The number of methoxy groups -OCH3 is 1. The Hall–Kier alpha value is -3.28. The SMILES string of the molecule is CCCOc1cccc(C2C(C(=O)OC)=C(C)Nc3nc4ccccc4n32)c1. The molecule has 0 bridgehead atoms. The second kappa shape index (κ2) is 7.38. The van der Waals surface area contributed by atoms with Crippen LogP contribution in [0.2, 0.25) is 0 Å². The second-order valence-electron chi connectivity index (χ2n) is 6.77. The quantitative estimate of drug-likeness (QED) is 0.672. The van der Waals surface area contributed by atoms with E-state index in [2.05, 4.69) is 12.2 Å². The van der Waals surface area contributed by atoms with E-state index in [0.29, 0.717) is 18.1 Å². The summed E-state index contributed by atoms with van der Waals surface area (Å²) in [6, 6.07) is 15.4. The third-order valence-electron chi connectivity index (χ3n) is 4.88. The van der Waals surface area contributed by atoms with Gasteiger partial charge in [0.2, 0.25) is 5.95 Å². The maximum Gasteiger partial charge on any atom is 0.337 e. The fraction of sp³-hybridized carbons (Fsp3) is 0.273. The number of aromatic nitrogens is 2. The Bertz CT molecular complexity index is 1070. The number of fused-ring (bicyclic) bond motifs is 3. The van der Waals surface area contributed by atoms with E-state index in [-0.39, 0.29) is 12.0 Å². The Morgan fingerprint density at radius 2 is 2.04 bits per heavy atom. The first-order valence-electron chi connectivity index (χ1n) is 9.40. The van der Waals surface area contributed by atoms with E-state index in [1.54, 1.807) is 0 Å². The van der Waals surface area contributed by atoms with Gasteiger partial charge in [-0.15, -0.1) is 0 Å². The normalized spacial score (nSPS) is 15.9. The van der Waals surface area contributed by atoms with Gasteiger partial charge in [-0.05, 0) is 43.2 Å². The van der Waals surface area contributed by atoms with Crippen LogP contribution in [-0.4, -0.2) is 29.2 Å². The smallest absolute Gasteiger partial charge is 0.337 e. The number of carbonyl (C=O) groups excluding carboxylic acids is 1. The van der Waals surface area contributed by atoms with E-state index in [4.69, 9.17) is 14.5 Å². The van der Waals surface area contributed by atoms with Gasteiger partial charge in [-0.1, -0.05) is 31.2 Å². The van der Waals surface area contributed by atoms with E-state index >= 15 is 0 Å². The van der Waals surface area contributed by atoms with Crippen LogP contribution in [0.1, 0.15) is 31.9 Å². The summed E-state index contributed by atoms with van der Waals surface area (Å²) in [5, 5.41) is 3.26. The lowest BCUT2D eigenvalue weighted by Crippen LogP contribution is -2.28. The van der Waals surface area contributed by atoms with Gasteiger partial charge < -0.3 is 14.8 Å². The van der Waals surface area contributed by atoms with Gasteiger partial charge >= 0.3 is 5.97 Å². The molecule has 3 aromatic rings. The molecule has 2 heterocycles. The number of anilines is 1. The van der Waals surface area contributed by atoms with Gasteiger partial charge in [-0.3, -0.25) is 4.57 Å². The minimum atomic E-state index is -0.363. The summed E-state index contributed by atoms with van der Waals surface area (Å²) in [5.41, 5.74) is 4.06. The number of allylic oxidation sites excluding steroid dienone is 1. The van der Waals surface area contributed by atoms with Crippen LogP contribution in [0.5, 0.6) is 5.75 Å². The number of hydrogen-bond donors (Lipinski definition) is 1. The average Bonchev–Trinajstić information content (AvgIpc) is 3.08. The number of nitrogens with zero attached hydrogens (tertiary/aromatic N) is 2. The van der Waals surface area contributed by atoms with Gasteiger partial charge in [0.05, 0.1) is 36.4 Å². The van der Waals surface area contributed by atoms with Crippen molar-refractivity contribution in [3.8, 4) is 5.75 Å². The van der Waals surface area contributed by atoms with E-state index < -0.39 is 0 Å². The highest BCUT2D eigenvalue weighted by Gasteiger charge is 2.34. The second-order valence-corrected chi connectivity index (χ2v) is 6.77. The zero-order valence-corrected chi connectivity index (χ0v) is 16.2. The van der Waals surface area contributed by atoms with Gasteiger partial charge in [0, 0.05) is 5.70 Å². The molecule has 6 heteroatoms. The Balaban J connectivity index is 1.92. The molecule has 1 aliphatic heterocycles. The molecule has 6 nitrogen and oxygen atoms in total. The molecule has 0 fully saturated rings. The molecule has 0 spiro atoms. The third kappa shape index (κ3) is 3.01. The molecule has 1 aromatic heterocycles. The van der Waals surface area contributed by atoms with Crippen LogP contribution in [0.25, 0.3) is 11.0 Å². The van der Waals surface area contributed by atoms with Crippen molar-refractivity contribution in [1.82, 2.24) is 9.55 Å². The first kappa shape index (κ1) is 18.1. The van der Waals surface area contributed by atoms with E-state index in [9.17, 15) is 4.79 Å². The van der Waals surface area contributed by atoms with Gasteiger partial charge in [0.1, 0.15) is 5.75 Å². The van der Waals surface area contributed by atoms with Crippen molar-refractivity contribution in [2.75, 3.05) is 19.0 Å². The van der Waals surface area contributed by atoms with Gasteiger partial charge in [0.25, 0.3) is 0 Å². The number of benzene rings is 2. The van der Waals surface area contributed by atoms with Crippen molar-refractivity contribution < 1.29 is 14.3 Å². The van der Waals surface area contributed by atoms with E-state index in [1.165, 1.54) is 7.11 Å². The first-order valence-corrected chi connectivity index (χ1v) is 9.40. The molecule has 1 atom stereocenters. The predicted octanol–water partition coefficient (Wildman–Crippen LogP) is 4.29. The number of rotatable bonds is 5. The number of hydrogen-bond acceptors (Lipinski definition) is 5. The number of ether oxygens (including phenoxy) is 2. The molecule has 1 unspecified atom stereocenters. The minimum absolute atomic E-state index is 0.360. The van der Waals surface area contributed by atoms with Crippen LogP contribution in [0, 0.1) is 0 Å². The summed E-state index contributed by atoms with van der Waals surface area (Å²) in [5.74, 6) is 1.13. The summed E-state index contributed by atoms with van der Waals surface area (Å²) in [6.45, 7) is 4.59. The van der Waals surface area contributed by atoms with Gasteiger partial charge in [-0.25, -0.2) is 9.78 Å². The van der Waals surface area contributed by atoms with Crippen molar-refractivity contribution in [3.05, 3.63) is 65.4 Å². The largest absolute Gasteiger partial charge is 0.494 e. The highest BCUT2D eigenvalue weighted by atomic mass is 16.5. The summed E-state index contributed by atoms with van der Waals surface area (Å²) in [4.78, 5) is 17.4. The Morgan fingerprint density at radius 3 is 2.82 bits per heavy atom. The van der Waals surface area contributed by atoms with Crippen LogP contribution in [0.4, 0.5) is 5.95 Å². The summed E-state index contributed by atoms with van der Waals surface area (Å²) < 4.78 is 13.0. The third-order valence-corrected chi connectivity index (χ3v) is 4.88. The first-order chi connectivity index (χ1) is 13.6. The molecule has 144 valence electrons. The van der Waals surface area contributed by atoms with Gasteiger partial charge in [0.15, 0.2) is 0 Å². The van der Waals surface area contributed by atoms with Crippen molar-refractivity contribution in [3.63, 3.8) is 0 Å². The molecular formula is C22H23N3O3. The Kier molecular flexibility index (Phi) is 4.77. The van der Waals surface area contributed by atoms with Gasteiger partial charge in [-0.2, -0.15) is 0 Å². The van der Waals surface area contributed by atoms with E-state index in [0.717, 1.165) is 34.5 Å². The Labute approximate surface area is 163 Å². The lowest BCUT2D eigenvalue weighted by molar-refractivity contribution is -0.136. The summed E-state index contributed by atoms with van der Waals surface area (Å²) >= 11 is 0. The number of para-hydroxylation sites is 2. The number of carbonyl (C=O) groups is 1. The monoisotopic (exact) mass is 377 g/mol. The molecule has 1 N–H and O–H groups in total. The fourth-order valence-corrected chi connectivity index (χ4v) is 3.65. The van der Waals surface area contributed by atoms with Crippen molar-refractivity contribution in [2.24, 2.45) is 0 Å². The standard InChI is InChI=1S/C22H23N3O3/c1-4-12-28-16-9-7-8-15(13-16)20-19(21(26)27-3)14(2)23-22-24-17-10-5-6-11-18(17)25(20)22/h5-11,13,20H,4,12H2,1-3H3,(H,23,24). The lowest BCUT2D eigenvalue weighted by Gasteiger charge is -2.30. The molecule has 28 heavy (non-hydrogen) atoms. The molecule has 0 radical (unpaired) electrons. The number of nitrogens with one attached hydrogen (secondary N) is 1. The zero-order valence-electron chi connectivity index (χ0n) is 16.2. The van der Waals surface area contributed by atoms with Crippen molar-refractivity contribution in [1.29, 1.82) is 0 Å². The molecule has 0 aliphatic carbocycles. The minimum Gasteiger partial charge on any atom is -0.494 e. The lowest BCUT2D eigenvalue weighted by atomic mass is 9.95. The van der Waals surface area contributed by atoms with Crippen LogP contribution in [0.15, 0.2) is 59.8 Å².